The van der Waals surface area contributed by atoms with E-state index in [1.807, 2.05) is 0 Å². The highest BCUT2D eigenvalue weighted by Gasteiger charge is 2.22. The molecular formula is C9H15ClN4O2. The Bertz CT molecular complexity index is 349. The second-order valence-corrected chi connectivity index (χ2v) is 3.43. The fourth-order valence-electron chi connectivity index (χ4n) is 1.42. The Labute approximate surface area is 99.8 Å². The number of anilines is 1. The summed E-state index contributed by atoms with van der Waals surface area (Å²) in [7, 11) is 1.80. The third-order valence-electron chi connectivity index (χ3n) is 2.18. The molecule has 16 heavy (non-hydrogen) atoms. The zero-order valence-electron chi connectivity index (χ0n) is 8.97. The number of nitrogens with one attached hydrogen (secondary N) is 2. The van der Waals surface area contributed by atoms with Crippen LogP contribution in [0.5, 0.6) is 0 Å². The SMILES string of the molecule is Cl.Cn1ccc(NC(=O)[C@@H]2CNCCO2)n1. The van der Waals surface area contributed by atoms with E-state index in [4.69, 9.17) is 4.74 Å². The van der Waals surface area contributed by atoms with Gasteiger partial charge in [-0.2, -0.15) is 5.10 Å². The molecule has 1 aliphatic rings. The van der Waals surface area contributed by atoms with E-state index in [0.29, 0.717) is 19.0 Å². The van der Waals surface area contributed by atoms with E-state index in [9.17, 15) is 4.79 Å². The first-order valence-corrected chi connectivity index (χ1v) is 4.88. The van der Waals surface area contributed by atoms with Crippen LogP contribution in [0.4, 0.5) is 5.82 Å². The molecule has 1 aromatic heterocycles. The summed E-state index contributed by atoms with van der Waals surface area (Å²) in [5.74, 6) is 0.401. The summed E-state index contributed by atoms with van der Waals surface area (Å²) in [6, 6.07) is 1.74. The summed E-state index contributed by atoms with van der Waals surface area (Å²) >= 11 is 0. The van der Waals surface area contributed by atoms with Gasteiger partial charge in [-0.25, -0.2) is 0 Å². The van der Waals surface area contributed by atoms with Crippen molar-refractivity contribution >= 4 is 24.1 Å². The molecule has 90 valence electrons. The Hall–Kier alpha value is -1.11. The zero-order chi connectivity index (χ0) is 10.7. The van der Waals surface area contributed by atoms with Crippen molar-refractivity contribution in [2.45, 2.75) is 6.10 Å². The smallest absolute Gasteiger partial charge is 0.256 e. The van der Waals surface area contributed by atoms with Crippen molar-refractivity contribution in [3.05, 3.63) is 12.3 Å². The lowest BCUT2D eigenvalue weighted by Crippen LogP contribution is -2.45. The molecule has 0 unspecified atom stereocenters. The Balaban J connectivity index is 0.00000128. The van der Waals surface area contributed by atoms with E-state index in [2.05, 4.69) is 15.7 Å². The molecule has 6 nitrogen and oxygen atoms in total. The van der Waals surface area contributed by atoms with Crippen LogP contribution in [0.15, 0.2) is 12.3 Å². The number of halogens is 1. The van der Waals surface area contributed by atoms with Crippen molar-refractivity contribution in [3.63, 3.8) is 0 Å². The van der Waals surface area contributed by atoms with Crippen LogP contribution < -0.4 is 10.6 Å². The van der Waals surface area contributed by atoms with Crippen molar-refractivity contribution < 1.29 is 9.53 Å². The fourth-order valence-corrected chi connectivity index (χ4v) is 1.42. The van der Waals surface area contributed by atoms with E-state index < -0.39 is 6.10 Å². The zero-order valence-corrected chi connectivity index (χ0v) is 9.79. The van der Waals surface area contributed by atoms with Gasteiger partial charge in [0, 0.05) is 32.4 Å². The largest absolute Gasteiger partial charge is 0.366 e. The molecule has 1 amide bonds. The monoisotopic (exact) mass is 246 g/mol. The van der Waals surface area contributed by atoms with Gasteiger partial charge in [0.05, 0.1) is 6.61 Å². The lowest BCUT2D eigenvalue weighted by molar-refractivity contribution is -0.128. The second kappa shape index (κ2) is 5.83. The van der Waals surface area contributed by atoms with Crippen molar-refractivity contribution in [3.8, 4) is 0 Å². The first-order chi connectivity index (χ1) is 7.25. The standard InChI is InChI=1S/C9H14N4O2.ClH/c1-13-4-2-8(12-13)11-9(14)7-6-10-3-5-15-7;/h2,4,7,10H,3,5-6H2,1H3,(H,11,12,14);1H/t7-;/m0./s1. The Morgan fingerprint density at radius 2 is 2.56 bits per heavy atom. The highest BCUT2D eigenvalue weighted by molar-refractivity contribution is 5.93. The molecule has 2 heterocycles. The molecular weight excluding hydrogens is 232 g/mol. The second-order valence-electron chi connectivity index (χ2n) is 3.43. The van der Waals surface area contributed by atoms with Gasteiger partial charge >= 0.3 is 0 Å². The highest BCUT2D eigenvalue weighted by atomic mass is 35.5. The van der Waals surface area contributed by atoms with Gasteiger partial charge < -0.3 is 15.4 Å². The molecule has 0 spiro atoms. The van der Waals surface area contributed by atoms with Crippen LogP contribution in [-0.4, -0.2) is 41.5 Å². The summed E-state index contributed by atoms with van der Waals surface area (Å²) in [6.45, 7) is 1.92. The quantitative estimate of drug-likeness (QED) is 0.757. The number of carbonyl (C=O) groups is 1. The van der Waals surface area contributed by atoms with Crippen molar-refractivity contribution in [1.82, 2.24) is 15.1 Å². The number of amides is 1. The van der Waals surface area contributed by atoms with Gasteiger partial charge in [-0.05, 0) is 0 Å². The summed E-state index contributed by atoms with van der Waals surface area (Å²) in [5, 5.41) is 9.85. The Kier molecular flexibility index (Phi) is 4.72. The molecule has 1 aliphatic heterocycles. The summed E-state index contributed by atoms with van der Waals surface area (Å²) < 4.78 is 6.94. The van der Waals surface area contributed by atoms with E-state index in [1.165, 1.54) is 0 Å². The Morgan fingerprint density at radius 3 is 3.12 bits per heavy atom. The third kappa shape index (κ3) is 3.19. The number of hydrogen-bond donors (Lipinski definition) is 2. The van der Waals surface area contributed by atoms with Crippen LogP contribution in [0, 0.1) is 0 Å². The number of aryl methyl sites for hydroxylation is 1. The topological polar surface area (TPSA) is 68.2 Å². The molecule has 1 fully saturated rings. The van der Waals surface area contributed by atoms with Gasteiger partial charge in [-0.15, -0.1) is 12.4 Å². The average Bonchev–Trinajstić information content (AvgIpc) is 2.65. The minimum Gasteiger partial charge on any atom is -0.366 e. The van der Waals surface area contributed by atoms with Gasteiger partial charge in [-0.3, -0.25) is 9.48 Å². The van der Waals surface area contributed by atoms with Crippen LogP contribution in [-0.2, 0) is 16.6 Å². The number of ether oxygens (including phenoxy) is 1. The van der Waals surface area contributed by atoms with E-state index in [0.717, 1.165) is 6.54 Å². The molecule has 0 aromatic carbocycles. The normalized spacial score (nSPS) is 19.9. The molecule has 2 N–H and O–H groups in total. The number of rotatable bonds is 2. The molecule has 1 saturated heterocycles. The minimum absolute atomic E-state index is 0. The first-order valence-electron chi connectivity index (χ1n) is 4.88. The van der Waals surface area contributed by atoms with E-state index in [1.54, 1.807) is 24.0 Å². The predicted octanol–water partition coefficient (Wildman–Crippen LogP) is -0.231. The molecule has 0 saturated carbocycles. The molecule has 1 aromatic rings. The molecule has 2 rings (SSSR count). The summed E-state index contributed by atoms with van der Waals surface area (Å²) in [4.78, 5) is 11.7. The lowest BCUT2D eigenvalue weighted by atomic mass is 10.3. The summed E-state index contributed by atoms with van der Waals surface area (Å²) in [5.41, 5.74) is 0. The minimum atomic E-state index is -0.416. The average molecular weight is 247 g/mol. The number of morpholine rings is 1. The maximum atomic E-state index is 11.7. The van der Waals surface area contributed by atoms with Crippen LogP contribution in [0.1, 0.15) is 0 Å². The number of hydrogen-bond acceptors (Lipinski definition) is 4. The highest BCUT2D eigenvalue weighted by Crippen LogP contribution is 2.04. The van der Waals surface area contributed by atoms with Crippen molar-refractivity contribution in [2.24, 2.45) is 7.05 Å². The number of nitrogens with zero attached hydrogens (tertiary/aromatic N) is 2. The van der Waals surface area contributed by atoms with Crippen molar-refractivity contribution in [1.29, 1.82) is 0 Å². The Morgan fingerprint density at radius 1 is 1.75 bits per heavy atom. The van der Waals surface area contributed by atoms with Crippen molar-refractivity contribution in [2.75, 3.05) is 25.0 Å². The maximum absolute atomic E-state index is 11.7. The maximum Gasteiger partial charge on any atom is 0.256 e. The summed E-state index contributed by atoms with van der Waals surface area (Å²) in [6.07, 6.45) is 1.36. The van der Waals surface area contributed by atoms with Crippen LogP contribution in [0.25, 0.3) is 0 Å². The molecule has 0 radical (unpaired) electrons. The first kappa shape index (κ1) is 13.0. The van der Waals surface area contributed by atoms with Crippen LogP contribution >= 0.6 is 12.4 Å². The van der Waals surface area contributed by atoms with E-state index >= 15 is 0 Å². The van der Waals surface area contributed by atoms with Gasteiger partial charge in [-0.1, -0.05) is 0 Å². The molecule has 0 bridgehead atoms. The predicted molar refractivity (Wildman–Crippen MR) is 61.7 cm³/mol. The van der Waals surface area contributed by atoms with Crippen LogP contribution in [0.3, 0.4) is 0 Å². The van der Waals surface area contributed by atoms with Gasteiger partial charge in [0.1, 0.15) is 6.10 Å². The van der Waals surface area contributed by atoms with Gasteiger partial charge in [0.25, 0.3) is 5.91 Å². The third-order valence-corrected chi connectivity index (χ3v) is 2.18. The number of carbonyl (C=O) groups excluding carboxylic acids is 1. The molecule has 0 aliphatic carbocycles. The molecule has 1 atom stereocenters. The molecule has 7 heteroatoms. The fraction of sp³-hybridized carbons (Fsp3) is 0.556. The lowest BCUT2D eigenvalue weighted by Gasteiger charge is -2.22. The van der Waals surface area contributed by atoms with Gasteiger partial charge in [0.2, 0.25) is 0 Å². The van der Waals surface area contributed by atoms with Gasteiger partial charge in [0.15, 0.2) is 5.82 Å². The number of aromatic nitrogens is 2. The van der Waals surface area contributed by atoms with E-state index in [-0.39, 0.29) is 18.3 Å². The van der Waals surface area contributed by atoms with Crippen LogP contribution in [0.2, 0.25) is 0 Å².